The van der Waals surface area contributed by atoms with Crippen molar-refractivity contribution in [3.8, 4) is 27.4 Å². The highest BCUT2D eigenvalue weighted by atomic mass is 32.1. The topological polar surface area (TPSA) is 85.8 Å². The van der Waals surface area contributed by atoms with Gasteiger partial charge in [-0.2, -0.15) is 10.2 Å². The summed E-state index contributed by atoms with van der Waals surface area (Å²) in [7, 11) is 0. The summed E-state index contributed by atoms with van der Waals surface area (Å²) in [4.78, 5) is 9.55. The van der Waals surface area contributed by atoms with Gasteiger partial charge in [0.2, 0.25) is 0 Å². The molecule has 0 aliphatic carbocycles. The van der Waals surface area contributed by atoms with E-state index in [-0.39, 0.29) is 11.6 Å². The van der Waals surface area contributed by atoms with Gasteiger partial charge in [-0.1, -0.05) is 55.1 Å². The van der Waals surface area contributed by atoms with Crippen LogP contribution >= 0.6 is 11.3 Å². The van der Waals surface area contributed by atoms with Crippen LogP contribution in [0.15, 0.2) is 96.1 Å². The number of benzene rings is 2. The predicted octanol–water partition coefficient (Wildman–Crippen LogP) is 7.40. The Bertz CT molecular complexity index is 1510. The summed E-state index contributed by atoms with van der Waals surface area (Å²) < 4.78 is 21.9. The van der Waals surface area contributed by atoms with E-state index in [1.165, 1.54) is 17.5 Å². The fourth-order valence-corrected chi connectivity index (χ4v) is 5.35. The highest BCUT2D eigenvalue weighted by Crippen LogP contribution is 2.42. The first kappa shape index (κ1) is 24.7. The molecule has 1 aliphatic heterocycles. The molecule has 5 rings (SSSR count). The first-order chi connectivity index (χ1) is 18.1. The number of nitrogens with zero attached hydrogens (tertiary/aromatic N) is 4. The number of aromatic nitrogens is 2. The number of hydrogen-bond donors (Lipinski definition) is 1. The van der Waals surface area contributed by atoms with Crippen molar-refractivity contribution in [1.82, 2.24) is 9.97 Å². The number of para-hydroxylation sites is 1. The Hall–Kier alpha value is -4.01. The summed E-state index contributed by atoms with van der Waals surface area (Å²) in [6.45, 7) is 5.03. The maximum Gasteiger partial charge on any atom is 0.168 e. The molecular weight excluding hydrogens is 485 g/mol. The van der Waals surface area contributed by atoms with E-state index in [0.717, 1.165) is 43.8 Å². The van der Waals surface area contributed by atoms with Crippen molar-refractivity contribution in [3.63, 3.8) is 0 Å². The molecule has 0 atom stereocenters. The number of rotatable bonds is 9. The number of nitrogens with two attached hydrogens (primary N) is 1. The summed E-state index contributed by atoms with van der Waals surface area (Å²) in [6.07, 6.45) is 10.1. The third kappa shape index (κ3) is 5.55. The van der Waals surface area contributed by atoms with Crippen LogP contribution in [0.1, 0.15) is 18.7 Å². The smallest absolute Gasteiger partial charge is 0.168 e. The average molecular weight is 512 g/mol. The summed E-state index contributed by atoms with van der Waals surface area (Å²) in [5.41, 5.74) is 8.66. The van der Waals surface area contributed by atoms with Gasteiger partial charge >= 0.3 is 0 Å². The third-order valence-corrected chi connectivity index (χ3v) is 7.23. The van der Waals surface area contributed by atoms with E-state index in [4.69, 9.17) is 10.5 Å². The molecule has 0 fully saturated rings. The van der Waals surface area contributed by atoms with Crippen LogP contribution < -0.4 is 10.5 Å². The van der Waals surface area contributed by atoms with E-state index in [0.29, 0.717) is 25.4 Å². The Balaban J connectivity index is 1.45. The number of hydrogen-bond acceptors (Lipinski definition) is 7. The van der Waals surface area contributed by atoms with Gasteiger partial charge in [0.25, 0.3) is 0 Å². The lowest BCUT2D eigenvalue weighted by atomic mass is 9.99. The summed E-state index contributed by atoms with van der Waals surface area (Å²) >= 11 is 1.50. The second-order valence-corrected chi connectivity index (χ2v) is 9.63. The molecule has 186 valence electrons. The Kier molecular flexibility index (Phi) is 7.58. The third-order valence-electron chi connectivity index (χ3n) is 6.04. The van der Waals surface area contributed by atoms with E-state index in [2.05, 4.69) is 26.8 Å². The highest BCUT2D eigenvalue weighted by molar-refractivity contribution is 7.22. The Morgan fingerprint density at radius 1 is 1.05 bits per heavy atom. The van der Waals surface area contributed by atoms with Gasteiger partial charge in [-0.25, -0.2) is 14.4 Å². The van der Waals surface area contributed by atoms with Crippen LogP contribution in [0.5, 0.6) is 5.75 Å². The minimum atomic E-state index is -0.464. The lowest BCUT2D eigenvalue weighted by molar-refractivity contribution is 0.329. The van der Waals surface area contributed by atoms with E-state index >= 15 is 0 Å². The normalized spacial score (nSPS) is 13.2. The molecule has 0 spiro atoms. The molecule has 0 radical (unpaired) electrons. The molecule has 4 aromatic rings. The molecule has 1 aliphatic rings. The zero-order valence-electron chi connectivity index (χ0n) is 20.2. The lowest BCUT2D eigenvalue weighted by Gasteiger charge is -2.11. The number of azo groups is 1. The quantitative estimate of drug-likeness (QED) is 0.254. The van der Waals surface area contributed by atoms with Gasteiger partial charge in [0.1, 0.15) is 18.1 Å². The Morgan fingerprint density at radius 2 is 1.84 bits per heavy atom. The van der Waals surface area contributed by atoms with Gasteiger partial charge < -0.3 is 10.5 Å². The zero-order valence-corrected chi connectivity index (χ0v) is 21.0. The maximum absolute atomic E-state index is 15.0. The first-order valence-electron chi connectivity index (χ1n) is 12.0. The lowest BCUT2D eigenvalue weighted by Crippen LogP contribution is -2.10. The molecule has 2 N–H and O–H groups in total. The number of fused-ring (bicyclic) bond motifs is 1. The largest absolute Gasteiger partial charge is 0.492 e. The molecule has 8 heteroatoms. The SMILES string of the molecule is C=C(CCC1C=CN=NC=C1)c1ncc(F)c(-c2cc3cccc(-c4ccccc4OCCN)c3s2)n1. The van der Waals surface area contributed by atoms with Gasteiger partial charge in [0.15, 0.2) is 11.6 Å². The van der Waals surface area contributed by atoms with Crippen LogP contribution in [0.25, 0.3) is 37.4 Å². The molecule has 0 bridgehead atoms. The number of halogens is 1. The first-order valence-corrected chi connectivity index (χ1v) is 12.8. The molecular formula is C29H26FN5OS. The standard InChI is InChI=1S/C29H26FN5OS/c1-19(9-10-20-11-14-33-34-15-12-20)29-32-18-24(30)27(35-29)26-17-21-5-4-7-23(28(21)37-26)22-6-2-3-8-25(22)36-16-13-31/h2-8,11-12,14-15,17-18,20H,1,9-10,13,16,31H2. The van der Waals surface area contributed by atoms with Crippen LogP contribution in [-0.4, -0.2) is 23.1 Å². The Labute approximate surface area is 218 Å². The van der Waals surface area contributed by atoms with Gasteiger partial charge in [-0.3, -0.25) is 0 Å². The molecule has 0 amide bonds. The van der Waals surface area contributed by atoms with Gasteiger partial charge in [0, 0.05) is 34.8 Å². The molecule has 2 aromatic carbocycles. The minimum Gasteiger partial charge on any atom is -0.492 e. The van der Waals surface area contributed by atoms with E-state index in [1.54, 1.807) is 12.4 Å². The van der Waals surface area contributed by atoms with Crippen LogP contribution in [0.4, 0.5) is 4.39 Å². The molecule has 2 aromatic heterocycles. The van der Waals surface area contributed by atoms with Gasteiger partial charge in [-0.15, -0.1) is 11.3 Å². The molecule has 0 saturated heterocycles. The predicted molar refractivity (Wildman–Crippen MR) is 148 cm³/mol. The molecule has 37 heavy (non-hydrogen) atoms. The van der Waals surface area contributed by atoms with Crippen LogP contribution in [0, 0.1) is 11.7 Å². The monoisotopic (exact) mass is 511 g/mol. The maximum atomic E-state index is 15.0. The van der Waals surface area contributed by atoms with Gasteiger partial charge in [-0.05, 0) is 41.9 Å². The second kappa shape index (κ2) is 11.4. The van der Waals surface area contributed by atoms with Crippen molar-refractivity contribution in [2.75, 3.05) is 13.2 Å². The zero-order chi connectivity index (χ0) is 25.6. The summed E-state index contributed by atoms with van der Waals surface area (Å²) in [5, 5.41) is 8.77. The average Bonchev–Trinajstić information content (AvgIpc) is 3.19. The molecule has 3 heterocycles. The van der Waals surface area contributed by atoms with Crippen LogP contribution in [0.2, 0.25) is 0 Å². The van der Waals surface area contributed by atoms with E-state index < -0.39 is 5.82 Å². The molecule has 0 saturated carbocycles. The highest BCUT2D eigenvalue weighted by Gasteiger charge is 2.17. The van der Waals surface area contributed by atoms with Crippen molar-refractivity contribution >= 4 is 27.0 Å². The minimum absolute atomic E-state index is 0.199. The number of thiophene rings is 1. The Morgan fingerprint density at radius 3 is 2.65 bits per heavy atom. The van der Waals surface area contributed by atoms with Crippen molar-refractivity contribution in [2.45, 2.75) is 12.8 Å². The number of ether oxygens (including phenoxy) is 1. The van der Waals surface area contributed by atoms with Gasteiger partial charge in [0.05, 0.1) is 11.1 Å². The van der Waals surface area contributed by atoms with E-state index in [1.807, 2.05) is 60.7 Å². The van der Waals surface area contributed by atoms with Crippen molar-refractivity contribution in [3.05, 3.63) is 97.5 Å². The summed E-state index contributed by atoms with van der Waals surface area (Å²) in [6, 6.07) is 15.9. The van der Waals surface area contributed by atoms with Crippen molar-refractivity contribution < 1.29 is 9.13 Å². The van der Waals surface area contributed by atoms with Crippen molar-refractivity contribution in [2.24, 2.45) is 21.9 Å². The van der Waals surface area contributed by atoms with Crippen molar-refractivity contribution in [1.29, 1.82) is 0 Å². The van der Waals surface area contributed by atoms with Crippen LogP contribution in [-0.2, 0) is 0 Å². The molecule has 0 unspecified atom stereocenters. The second-order valence-electron chi connectivity index (χ2n) is 8.58. The fourth-order valence-electron chi connectivity index (χ4n) is 4.17. The van der Waals surface area contributed by atoms with E-state index in [9.17, 15) is 4.39 Å². The van der Waals surface area contributed by atoms with Crippen LogP contribution in [0.3, 0.4) is 0 Å². The fraction of sp³-hybridized carbons (Fsp3) is 0.172. The number of allylic oxidation sites excluding steroid dienone is 3. The molecule has 6 nitrogen and oxygen atoms in total. The summed E-state index contributed by atoms with van der Waals surface area (Å²) in [5.74, 6) is 0.951.